The van der Waals surface area contributed by atoms with Gasteiger partial charge in [0.05, 0.1) is 16.1 Å². The Bertz CT molecular complexity index is 3750. The van der Waals surface area contributed by atoms with E-state index in [1.807, 2.05) is 11.3 Å². The normalized spacial score (nSPS) is 14.4. The van der Waals surface area contributed by atoms with Crippen molar-refractivity contribution in [3.63, 3.8) is 0 Å². The Morgan fingerprint density at radius 3 is 1.93 bits per heavy atom. The first-order valence-corrected chi connectivity index (χ1v) is 25.2. The zero-order valence-corrected chi connectivity index (χ0v) is 41.7. The Labute approximate surface area is 405 Å². The van der Waals surface area contributed by atoms with E-state index in [2.05, 4.69) is 241 Å². The smallest absolute Gasteiger partial charge is 0.252 e. The van der Waals surface area contributed by atoms with Crippen LogP contribution >= 0.6 is 11.3 Å². The number of aryl methyl sites for hydroxylation is 2. The standard InChI is InChI=1S/C63H56BN3S/c1-37-19-11-15-26-49(37)65(50-27-16-12-20-38(50)2)41-30-32-47-52(36-41)66(51-28-18-22-43-42-31-29-39(61(3,4)5)35-55(42)68-60(43)51)53-33-40(62(6,7)8)34-54-57(53)64(47)48-25-17-23-45-56-59(67(54)58(45)48)44-21-13-14-24-46(44)63(56,9)10/h11-36H,1-10H3. The molecule has 0 saturated heterocycles. The van der Waals surface area contributed by atoms with Gasteiger partial charge in [0.25, 0.3) is 6.71 Å². The third kappa shape index (κ3) is 5.66. The molecule has 0 atom stereocenters. The zero-order valence-electron chi connectivity index (χ0n) is 40.8. The van der Waals surface area contributed by atoms with Crippen molar-refractivity contribution in [2.24, 2.45) is 0 Å². The van der Waals surface area contributed by atoms with E-state index < -0.39 is 0 Å². The maximum Gasteiger partial charge on any atom is 0.252 e. The van der Waals surface area contributed by atoms with Crippen molar-refractivity contribution in [2.75, 3.05) is 9.80 Å². The van der Waals surface area contributed by atoms with Crippen molar-refractivity contribution < 1.29 is 0 Å². The Balaban J connectivity index is 1.18. The van der Waals surface area contributed by atoms with Crippen LogP contribution in [0.4, 0.5) is 34.1 Å². The average molecular weight is 898 g/mol. The van der Waals surface area contributed by atoms with Crippen molar-refractivity contribution in [3.05, 3.63) is 191 Å². The molecule has 1 aliphatic carbocycles. The molecule has 332 valence electrons. The van der Waals surface area contributed by atoms with Crippen molar-refractivity contribution >= 4 is 99.6 Å². The van der Waals surface area contributed by atoms with Crippen LogP contribution < -0.4 is 26.2 Å². The number of benzene rings is 8. The van der Waals surface area contributed by atoms with Crippen LogP contribution in [0, 0.1) is 13.8 Å². The Kier molecular flexibility index (Phi) is 8.59. The first kappa shape index (κ1) is 41.4. The summed E-state index contributed by atoms with van der Waals surface area (Å²) in [6, 6.07) is 60.6. The van der Waals surface area contributed by atoms with Crippen LogP contribution in [0.3, 0.4) is 0 Å². The predicted octanol–water partition coefficient (Wildman–Crippen LogP) is 15.6. The van der Waals surface area contributed by atoms with Gasteiger partial charge in [-0.25, -0.2) is 0 Å². The molecule has 68 heavy (non-hydrogen) atoms. The highest BCUT2D eigenvalue weighted by atomic mass is 32.1. The molecule has 2 aliphatic heterocycles. The van der Waals surface area contributed by atoms with E-state index in [4.69, 9.17) is 0 Å². The van der Waals surface area contributed by atoms with Gasteiger partial charge in [0.15, 0.2) is 0 Å². The maximum atomic E-state index is 2.70. The summed E-state index contributed by atoms with van der Waals surface area (Å²) in [4.78, 5) is 5.16. The lowest BCUT2D eigenvalue weighted by Crippen LogP contribution is -2.60. The molecule has 0 bridgehead atoms. The summed E-state index contributed by atoms with van der Waals surface area (Å²) in [6.45, 7) is 23.4. The van der Waals surface area contributed by atoms with E-state index in [9.17, 15) is 0 Å². The topological polar surface area (TPSA) is 11.4 Å². The van der Waals surface area contributed by atoms with Crippen LogP contribution in [0.2, 0.25) is 0 Å². The number of nitrogens with zero attached hydrogens (tertiary/aromatic N) is 3. The molecule has 0 spiro atoms. The number of hydrogen-bond acceptors (Lipinski definition) is 3. The number of anilines is 6. The molecule has 0 fully saturated rings. The Morgan fingerprint density at radius 1 is 0.544 bits per heavy atom. The molecule has 3 nitrogen and oxygen atoms in total. The third-order valence-electron chi connectivity index (χ3n) is 15.7. The molecule has 0 radical (unpaired) electrons. The maximum absolute atomic E-state index is 2.70. The number of rotatable bonds is 4. The number of para-hydroxylation sites is 3. The minimum absolute atomic E-state index is 0.0141. The monoisotopic (exact) mass is 897 g/mol. The minimum Gasteiger partial charge on any atom is -0.310 e. The van der Waals surface area contributed by atoms with Gasteiger partial charge in [-0.05, 0) is 123 Å². The fourth-order valence-electron chi connectivity index (χ4n) is 12.3. The van der Waals surface area contributed by atoms with Crippen LogP contribution in [0.5, 0.6) is 0 Å². The van der Waals surface area contributed by atoms with Crippen molar-refractivity contribution in [2.45, 2.75) is 85.5 Å². The fourth-order valence-corrected chi connectivity index (χ4v) is 13.5. The van der Waals surface area contributed by atoms with Gasteiger partial charge >= 0.3 is 0 Å². The quantitative estimate of drug-likeness (QED) is 0.163. The molecule has 2 aromatic heterocycles. The van der Waals surface area contributed by atoms with Crippen LogP contribution in [0.1, 0.15) is 88.8 Å². The molecule has 0 amide bonds. The first-order valence-electron chi connectivity index (χ1n) is 24.4. The molecule has 0 N–H and O–H groups in total. The van der Waals surface area contributed by atoms with Crippen molar-refractivity contribution in [1.82, 2.24) is 4.57 Å². The second kappa shape index (κ2) is 14.1. The third-order valence-corrected chi connectivity index (χ3v) is 16.9. The molecule has 8 aromatic carbocycles. The molecular formula is C63H56BN3S. The summed E-state index contributed by atoms with van der Waals surface area (Å²) >= 11 is 1.94. The number of thiophene rings is 1. The van der Waals surface area contributed by atoms with Crippen LogP contribution in [-0.2, 0) is 16.2 Å². The Morgan fingerprint density at radius 2 is 1.21 bits per heavy atom. The molecule has 5 heteroatoms. The summed E-state index contributed by atoms with van der Waals surface area (Å²) in [6.07, 6.45) is 0. The van der Waals surface area contributed by atoms with E-state index in [0.717, 1.165) is 5.69 Å². The summed E-state index contributed by atoms with van der Waals surface area (Å²) in [5.74, 6) is 0. The Hall–Kier alpha value is -6.82. The SMILES string of the molecule is Cc1ccccc1N(c1ccc2c(c1)N(c1cccc3c1sc1cc(C(C)(C)C)ccc13)c1cc(C(C)(C)C)cc3c1B2c1cccc2c4c(n-3c12)-c1ccccc1C4(C)C)c1ccccc1C. The van der Waals surface area contributed by atoms with Gasteiger partial charge in [-0.15, -0.1) is 11.3 Å². The lowest BCUT2D eigenvalue weighted by molar-refractivity contribution is 0.590. The van der Waals surface area contributed by atoms with Gasteiger partial charge in [-0.1, -0.05) is 165 Å². The van der Waals surface area contributed by atoms with Gasteiger partial charge in [-0.3, -0.25) is 0 Å². The van der Waals surface area contributed by atoms with E-state index in [1.165, 1.54) is 126 Å². The van der Waals surface area contributed by atoms with Crippen LogP contribution in [0.15, 0.2) is 158 Å². The largest absolute Gasteiger partial charge is 0.310 e. The number of aromatic nitrogens is 1. The van der Waals surface area contributed by atoms with E-state index in [1.54, 1.807) is 0 Å². The summed E-state index contributed by atoms with van der Waals surface area (Å²) in [5.41, 5.74) is 24.4. The summed E-state index contributed by atoms with van der Waals surface area (Å²) < 4.78 is 5.34. The van der Waals surface area contributed by atoms with Gasteiger partial charge in [0, 0.05) is 71.5 Å². The van der Waals surface area contributed by atoms with Crippen molar-refractivity contribution in [3.8, 4) is 16.9 Å². The summed E-state index contributed by atoms with van der Waals surface area (Å²) in [7, 11) is 0. The number of fused-ring (bicyclic) bond motifs is 12. The highest BCUT2D eigenvalue weighted by Gasteiger charge is 2.47. The highest BCUT2D eigenvalue weighted by Crippen LogP contribution is 2.55. The molecular weight excluding hydrogens is 842 g/mol. The fraction of sp³-hybridized carbons (Fsp3) is 0.206. The predicted molar refractivity (Wildman–Crippen MR) is 295 cm³/mol. The van der Waals surface area contributed by atoms with Crippen molar-refractivity contribution in [1.29, 1.82) is 0 Å². The minimum atomic E-state index is -0.157. The average Bonchev–Trinajstić information content (AvgIpc) is 3.95. The molecule has 4 heterocycles. The number of hydrogen-bond donors (Lipinski definition) is 0. The first-order chi connectivity index (χ1) is 32.6. The second-order valence-electron chi connectivity index (χ2n) is 22.3. The molecule has 0 saturated carbocycles. The highest BCUT2D eigenvalue weighted by molar-refractivity contribution is 7.26. The second-order valence-corrected chi connectivity index (χ2v) is 23.3. The summed E-state index contributed by atoms with van der Waals surface area (Å²) in [5, 5.41) is 3.99. The molecule has 3 aliphatic rings. The molecule has 0 unspecified atom stereocenters. The zero-order chi connectivity index (χ0) is 46.8. The van der Waals surface area contributed by atoms with Crippen LogP contribution in [0.25, 0.3) is 48.0 Å². The lowest BCUT2D eigenvalue weighted by atomic mass is 9.33. The van der Waals surface area contributed by atoms with E-state index >= 15 is 0 Å². The van der Waals surface area contributed by atoms with Gasteiger partial charge < -0.3 is 14.4 Å². The van der Waals surface area contributed by atoms with Gasteiger partial charge in [0.2, 0.25) is 0 Å². The van der Waals surface area contributed by atoms with Gasteiger partial charge in [-0.2, -0.15) is 0 Å². The van der Waals surface area contributed by atoms with E-state index in [-0.39, 0.29) is 23.0 Å². The van der Waals surface area contributed by atoms with Crippen LogP contribution in [-0.4, -0.2) is 11.3 Å². The lowest BCUT2D eigenvalue weighted by Gasteiger charge is -2.42. The molecule has 10 aromatic rings. The molecule has 13 rings (SSSR count). The van der Waals surface area contributed by atoms with E-state index in [0.29, 0.717) is 0 Å². The van der Waals surface area contributed by atoms with Gasteiger partial charge in [0.1, 0.15) is 0 Å².